The molecular formula is C19H28F3N7O3S. The topological polar surface area (TPSA) is 125 Å². The van der Waals surface area contributed by atoms with E-state index in [2.05, 4.69) is 35.1 Å². The molecule has 33 heavy (non-hydrogen) atoms. The maximum Gasteiger partial charge on any atom is 0.390 e. The van der Waals surface area contributed by atoms with Crippen molar-refractivity contribution in [3.8, 4) is 0 Å². The summed E-state index contributed by atoms with van der Waals surface area (Å²) in [5, 5.41) is 11.4. The number of hydrogen-bond donors (Lipinski definition) is 3. The van der Waals surface area contributed by atoms with Gasteiger partial charge in [-0.3, -0.25) is 5.10 Å². The normalized spacial score (nSPS) is 24.8. The summed E-state index contributed by atoms with van der Waals surface area (Å²) in [4.78, 5) is 11.1. The number of sulfonamides is 1. The van der Waals surface area contributed by atoms with Gasteiger partial charge in [-0.2, -0.15) is 23.3 Å². The Labute approximate surface area is 189 Å². The number of nitrogens with zero attached hydrogens (tertiary/aromatic N) is 4. The van der Waals surface area contributed by atoms with Crippen LogP contribution in [-0.4, -0.2) is 78.4 Å². The highest BCUT2D eigenvalue weighted by atomic mass is 32.2. The van der Waals surface area contributed by atoms with E-state index >= 15 is 0 Å². The van der Waals surface area contributed by atoms with Crippen molar-refractivity contribution in [2.75, 3.05) is 35.7 Å². The van der Waals surface area contributed by atoms with Gasteiger partial charge < -0.3 is 15.0 Å². The summed E-state index contributed by atoms with van der Waals surface area (Å²) in [6.07, 6.45) is -1.65. The van der Waals surface area contributed by atoms with Gasteiger partial charge >= 0.3 is 6.18 Å². The van der Waals surface area contributed by atoms with Gasteiger partial charge in [0.25, 0.3) is 0 Å². The zero-order valence-corrected chi connectivity index (χ0v) is 19.0. The Balaban J connectivity index is 1.30. The van der Waals surface area contributed by atoms with E-state index in [0.717, 1.165) is 24.3 Å². The van der Waals surface area contributed by atoms with Crippen molar-refractivity contribution < 1.29 is 26.3 Å². The Kier molecular flexibility index (Phi) is 6.96. The van der Waals surface area contributed by atoms with Crippen LogP contribution in [0.1, 0.15) is 39.0 Å². The molecule has 14 heteroatoms. The Bertz CT molecular complexity index is 1050. The van der Waals surface area contributed by atoms with Gasteiger partial charge in [-0.05, 0) is 32.6 Å². The summed E-state index contributed by atoms with van der Waals surface area (Å²) in [7, 11) is -3.96. The number of alkyl halides is 3. The monoisotopic (exact) mass is 491 g/mol. The summed E-state index contributed by atoms with van der Waals surface area (Å²) >= 11 is 0. The van der Waals surface area contributed by atoms with Gasteiger partial charge in [0.15, 0.2) is 11.5 Å². The number of aromatic nitrogens is 4. The SMILES string of the molecule is C[C@H]1CN(c2n[nH]c3nc(NC4CCC(NS(=O)(=O)CCC(F)(F)F)CC4)ncc23)CCO1. The average molecular weight is 492 g/mol. The molecule has 3 N–H and O–H groups in total. The second-order valence-electron chi connectivity index (χ2n) is 8.63. The van der Waals surface area contributed by atoms with Crippen LogP contribution >= 0.6 is 0 Å². The van der Waals surface area contributed by atoms with Crippen molar-refractivity contribution >= 4 is 32.8 Å². The molecule has 1 aliphatic carbocycles. The van der Waals surface area contributed by atoms with Gasteiger partial charge in [-0.1, -0.05) is 0 Å². The molecule has 1 atom stereocenters. The Morgan fingerprint density at radius 2 is 1.97 bits per heavy atom. The second-order valence-corrected chi connectivity index (χ2v) is 10.5. The molecule has 0 bridgehead atoms. The van der Waals surface area contributed by atoms with Crippen molar-refractivity contribution in [1.29, 1.82) is 0 Å². The number of H-pyrrole nitrogens is 1. The second kappa shape index (κ2) is 9.58. The van der Waals surface area contributed by atoms with Gasteiger partial charge in [0.05, 0.1) is 30.3 Å². The summed E-state index contributed by atoms with van der Waals surface area (Å²) in [5.74, 6) is 0.296. The number of halogens is 3. The zero-order valence-electron chi connectivity index (χ0n) is 18.2. The first-order chi connectivity index (χ1) is 15.6. The molecule has 3 heterocycles. The van der Waals surface area contributed by atoms with Crippen LogP contribution in [0.5, 0.6) is 0 Å². The molecule has 0 aromatic carbocycles. The molecule has 0 spiro atoms. The fourth-order valence-electron chi connectivity index (χ4n) is 4.22. The lowest BCUT2D eigenvalue weighted by Gasteiger charge is -2.31. The van der Waals surface area contributed by atoms with E-state index in [1.54, 1.807) is 6.20 Å². The molecule has 1 saturated heterocycles. The smallest absolute Gasteiger partial charge is 0.375 e. The van der Waals surface area contributed by atoms with Gasteiger partial charge in [-0.15, -0.1) is 0 Å². The fraction of sp³-hybridized carbons (Fsp3) is 0.737. The molecule has 1 aliphatic heterocycles. The standard InChI is InChI=1S/C19H28F3N7O3S/c1-12-11-29(7-8-32-12)17-15-10-23-18(25-16(15)26-27-17)24-13-2-4-14(5-3-13)28-33(30,31)9-6-19(20,21)22/h10,12-14,28H,2-9,11H2,1H3,(H2,23,24,25,26,27)/t12-,13?,14?/m0/s1. The van der Waals surface area contributed by atoms with E-state index in [9.17, 15) is 21.6 Å². The molecule has 4 rings (SSSR count). The van der Waals surface area contributed by atoms with E-state index in [1.165, 1.54) is 0 Å². The van der Waals surface area contributed by atoms with E-state index < -0.39 is 28.4 Å². The third-order valence-corrected chi connectivity index (χ3v) is 7.33. The molecule has 2 aromatic rings. The first-order valence-electron chi connectivity index (χ1n) is 11.0. The lowest BCUT2D eigenvalue weighted by Crippen LogP contribution is -2.41. The number of aromatic amines is 1. The van der Waals surface area contributed by atoms with Gasteiger partial charge in [-0.25, -0.2) is 18.1 Å². The van der Waals surface area contributed by atoms with Crippen molar-refractivity contribution in [3.05, 3.63) is 6.20 Å². The Hall–Kier alpha value is -2.19. The molecule has 0 amide bonds. The number of nitrogens with one attached hydrogen (secondary N) is 3. The fourth-order valence-corrected chi connectivity index (χ4v) is 5.58. The highest BCUT2D eigenvalue weighted by Gasteiger charge is 2.32. The van der Waals surface area contributed by atoms with Crippen LogP contribution in [0.3, 0.4) is 0 Å². The van der Waals surface area contributed by atoms with Gasteiger partial charge in [0.2, 0.25) is 16.0 Å². The van der Waals surface area contributed by atoms with E-state index in [4.69, 9.17) is 4.74 Å². The van der Waals surface area contributed by atoms with Crippen LogP contribution < -0.4 is 14.9 Å². The lowest BCUT2D eigenvalue weighted by molar-refractivity contribution is -0.130. The summed E-state index contributed by atoms with van der Waals surface area (Å²) in [6.45, 7) is 4.13. The third-order valence-electron chi connectivity index (χ3n) is 5.90. The number of ether oxygens (including phenoxy) is 1. The van der Waals surface area contributed by atoms with Crippen LogP contribution in [0.2, 0.25) is 0 Å². The molecule has 1 saturated carbocycles. The number of fused-ring (bicyclic) bond motifs is 1. The largest absolute Gasteiger partial charge is 0.390 e. The van der Waals surface area contributed by atoms with E-state index in [-0.39, 0.29) is 18.2 Å². The molecule has 2 aliphatic rings. The van der Waals surface area contributed by atoms with Crippen LogP contribution in [0, 0.1) is 0 Å². The molecule has 0 unspecified atom stereocenters. The predicted octanol–water partition coefficient (Wildman–Crippen LogP) is 2.17. The maximum absolute atomic E-state index is 12.3. The van der Waals surface area contributed by atoms with Gasteiger partial charge in [0, 0.05) is 31.4 Å². The Morgan fingerprint density at radius 3 is 2.67 bits per heavy atom. The zero-order chi connectivity index (χ0) is 23.6. The highest BCUT2D eigenvalue weighted by molar-refractivity contribution is 7.89. The minimum absolute atomic E-state index is 0.0425. The quantitative estimate of drug-likeness (QED) is 0.538. The first-order valence-corrected chi connectivity index (χ1v) is 12.6. The van der Waals surface area contributed by atoms with Crippen molar-refractivity contribution in [3.63, 3.8) is 0 Å². The van der Waals surface area contributed by atoms with E-state index in [0.29, 0.717) is 43.9 Å². The van der Waals surface area contributed by atoms with Crippen LogP contribution in [0.25, 0.3) is 11.0 Å². The minimum atomic E-state index is -4.49. The molecular weight excluding hydrogens is 463 g/mol. The van der Waals surface area contributed by atoms with Gasteiger partial charge in [0.1, 0.15) is 0 Å². The first kappa shape index (κ1) is 24.0. The highest BCUT2D eigenvalue weighted by Crippen LogP contribution is 2.26. The summed E-state index contributed by atoms with van der Waals surface area (Å²) in [6, 6.07) is -0.323. The van der Waals surface area contributed by atoms with Crippen molar-refractivity contribution in [2.24, 2.45) is 0 Å². The van der Waals surface area contributed by atoms with Crippen LogP contribution in [0.4, 0.5) is 24.9 Å². The molecule has 0 radical (unpaired) electrons. The lowest BCUT2D eigenvalue weighted by atomic mass is 9.92. The van der Waals surface area contributed by atoms with Crippen LogP contribution in [-0.2, 0) is 14.8 Å². The molecule has 2 aromatic heterocycles. The molecule has 2 fully saturated rings. The van der Waals surface area contributed by atoms with E-state index in [1.807, 2.05) is 6.92 Å². The third kappa shape index (κ3) is 6.44. The maximum atomic E-state index is 12.3. The molecule has 184 valence electrons. The Morgan fingerprint density at radius 1 is 1.24 bits per heavy atom. The summed E-state index contributed by atoms with van der Waals surface area (Å²) in [5.41, 5.74) is 0.618. The molecule has 10 nitrogen and oxygen atoms in total. The predicted molar refractivity (Wildman–Crippen MR) is 117 cm³/mol. The minimum Gasteiger partial charge on any atom is -0.375 e. The number of anilines is 2. The number of rotatable bonds is 7. The van der Waals surface area contributed by atoms with Crippen molar-refractivity contribution in [2.45, 2.75) is 63.4 Å². The summed E-state index contributed by atoms with van der Waals surface area (Å²) < 4.78 is 68.7. The number of morpholine rings is 1. The number of hydrogen-bond acceptors (Lipinski definition) is 8. The van der Waals surface area contributed by atoms with Crippen LogP contribution in [0.15, 0.2) is 6.20 Å². The van der Waals surface area contributed by atoms with Crippen molar-refractivity contribution in [1.82, 2.24) is 24.9 Å². The average Bonchev–Trinajstić information content (AvgIpc) is 3.17.